The van der Waals surface area contributed by atoms with Crippen molar-refractivity contribution in [2.24, 2.45) is 0 Å². The molecule has 0 saturated carbocycles. The van der Waals surface area contributed by atoms with Gasteiger partial charge in [-0.25, -0.2) is 0 Å². The topological polar surface area (TPSA) is 35.5 Å². The maximum Gasteiger partial charge on any atom is 0.418 e. The van der Waals surface area contributed by atoms with E-state index in [9.17, 15) is 18.3 Å². The normalized spacial score (nSPS) is 17.6. The smallest absolute Gasteiger partial charge is 0.382 e. The van der Waals surface area contributed by atoms with Crippen molar-refractivity contribution in [1.82, 2.24) is 4.90 Å². The summed E-state index contributed by atoms with van der Waals surface area (Å²) in [6.45, 7) is 3.06. The number of alkyl halides is 3. The molecule has 0 aromatic heterocycles. The Hall–Kier alpha value is -2.05. The average molecular weight is 378 g/mol. The molecular formula is C21H25F3N2O. The summed E-state index contributed by atoms with van der Waals surface area (Å²) in [6.07, 6.45) is -4.02. The van der Waals surface area contributed by atoms with E-state index in [0.29, 0.717) is 6.04 Å². The van der Waals surface area contributed by atoms with Crippen LogP contribution >= 0.6 is 0 Å². The number of nitrogens with zero attached hydrogens (tertiary/aromatic N) is 1. The molecule has 1 aliphatic heterocycles. The molecule has 0 spiro atoms. The third kappa shape index (κ3) is 5.71. The minimum absolute atomic E-state index is 0.135. The third-order valence-electron chi connectivity index (χ3n) is 5.05. The molecule has 0 radical (unpaired) electrons. The van der Waals surface area contributed by atoms with Gasteiger partial charge in [-0.1, -0.05) is 42.5 Å². The first kappa shape index (κ1) is 19.7. The van der Waals surface area contributed by atoms with Gasteiger partial charge in [-0.3, -0.25) is 0 Å². The lowest BCUT2D eigenvalue weighted by molar-refractivity contribution is -0.206. The summed E-state index contributed by atoms with van der Waals surface area (Å²) in [5.74, 6) is 0. The number of rotatable bonds is 6. The molecule has 1 unspecified atom stereocenters. The summed E-state index contributed by atoms with van der Waals surface area (Å²) < 4.78 is 37.6. The maximum atomic E-state index is 12.5. The second-order valence-corrected chi connectivity index (χ2v) is 7.06. The zero-order valence-corrected chi connectivity index (χ0v) is 15.1. The van der Waals surface area contributed by atoms with Crippen molar-refractivity contribution in [3.05, 3.63) is 65.7 Å². The number of benzene rings is 2. The van der Waals surface area contributed by atoms with Crippen LogP contribution in [0, 0.1) is 0 Å². The largest absolute Gasteiger partial charge is 0.418 e. The molecule has 2 aromatic carbocycles. The number of aliphatic hydroxyl groups excluding tert-OH is 1. The Morgan fingerprint density at radius 3 is 2.22 bits per heavy atom. The molecule has 0 amide bonds. The number of hydrogen-bond donors (Lipinski definition) is 2. The van der Waals surface area contributed by atoms with Crippen LogP contribution in [0.3, 0.4) is 0 Å². The number of nitrogens with one attached hydrogen (secondary N) is 1. The maximum absolute atomic E-state index is 12.5. The van der Waals surface area contributed by atoms with Gasteiger partial charge in [0.05, 0.1) is 0 Å². The molecule has 1 fully saturated rings. The van der Waals surface area contributed by atoms with Gasteiger partial charge in [-0.05, 0) is 42.5 Å². The highest BCUT2D eigenvalue weighted by Crippen LogP contribution is 2.32. The van der Waals surface area contributed by atoms with Crippen molar-refractivity contribution >= 4 is 5.69 Å². The predicted molar refractivity (Wildman–Crippen MR) is 101 cm³/mol. The summed E-state index contributed by atoms with van der Waals surface area (Å²) in [7, 11) is 0. The highest BCUT2D eigenvalue weighted by atomic mass is 19.4. The van der Waals surface area contributed by atoms with Crippen molar-refractivity contribution < 1.29 is 18.3 Å². The zero-order chi connectivity index (χ0) is 19.3. The van der Waals surface area contributed by atoms with Gasteiger partial charge >= 0.3 is 6.18 Å². The Morgan fingerprint density at radius 2 is 1.63 bits per heavy atom. The van der Waals surface area contributed by atoms with Crippen LogP contribution in [0.25, 0.3) is 0 Å². The summed E-state index contributed by atoms with van der Waals surface area (Å²) >= 11 is 0. The minimum Gasteiger partial charge on any atom is -0.382 e. The van der Waals surface area contributed by atoms with Crippen LogP contribution in [0.1, 0.15) is 30.1 Å². The summed E-state index contributed by atoms with van der Waals surface area (Å²) in [6, 6.07) is 16.6. The SMILES string of the molecule is OC(c1ccc(NC2CCN(CCc3ccccc3)CC2)cc1)C(F)(F)F. The van der Waals surface area contributed by atoms with Crippen LogP contribution in [0.2, 0.25) is 0 Å². The molecule has 1 saturated heterocycles. The molecule has 6 heteroatoms. The third-order valence-corrected chi connectivity index (χ3v) is 5.05. The Labute approximate surface area is 157 Å². The monoisotopic (exact) mass is 378 g/mol. The van der Waals surface area contributed by atoms with Crippen LogP contribution in [-0.4, -0.2) is 41.9 Å². The van der Waals surface area contributed by atoms with Crippen molar-refractivity contribution in [3.8, 4) is 0 Å². The number of aliphatic hydroxyl groups is 1. The summed E-state index contributed by atoms with van der Waals surface area (Å²) in [4.78, 5) is 2.45. The van der Waals surface area contributed by atoms with Gasteiger partial charge < -0.3 is 15.3 Å². The van der Waals surface area contributed by atoms with Gasteiger partial charge in [0.1, 0.15) is 0 Å². The first-order valence-electron chi connectivity index (χ1n) is 9.29. The van der Waals surface area contributed by atoms with Crippen LogP contribution in [0.5, 0.6) is 0 Å². The van der Waals surface area contributed by atoms with E-state index in [2.05, 4.69) is 34.5 Å². The molecule has 1 aliphatic rings. The second-order valence-electron chi connectivity index (χ2n) is 7.06. The highest BCUT2D eigenvalue weighted by Gasteiger charge is 2.39. The van der Waals surface area contributed by atoms with Crippen LogP contribution in [0.15, 0.2) is 54.6 Å². The predicted octanol–water partition coefficient (Wildman–Crippen LogP) is 4.40. The second kappa shape index (κ2) is 8.76. The Morgan fingerprint density at radius 1 is 1.00 bits per heavy atom. The lowest BCUT2D eigenvalue weighted by Crippen LogP contribution is -2.40. The van der Waals surface area contributed by atoms with Crippen molar-refractivity contribution in [2.75, 3.05) is 25.0 Å². The van der Waals surface area contributed by atoms with Gasteiger partial charge in [-0.2, -0.15) is 13.2 Å². The number of halogens is 3. The van der Waals surface area contributed by atoms with Crippen molar-refractivity contribution in [1.29, 1.82) is 0 Å². The molecule has 1 atom stereocenters. The van der Waals surface area contributed by atoms with Crippen LogP contribution in [-0.2, 0) is 6.42 Å². The van der Waals surface area contributed by atoms with Crippen LogP contribution < -0.4 is 5.32 Å². The molecule has 0 aliphatic carbocycles. The molecule has 27 heavy (non-hydrogen) atoms. The van der Waals surface area contributed by atoms with E-state index in [1.165, 1.54) is 17.7 Å². The number of hydrogen-bond acceptors (Lipinski definition) is 3. The molecule has 2 aromatic rings. The molecule has 3 nitrogen and oxygen atoms in total. The van der Waals surface area contributed by atoms with Crippen molar-refractivity contribution in [3.63, 3.8) is 0 Å². The molecule has 1 heterocycles. The minimum atomic E-state index is -4.64. The van der Waals surface area contributed by atoms with Gasteiger partial charge in [0.15, 0.2) is 6.10 Å². The zero-order valence-electron chi connectivity index (χ0n) is 15.1. The van der Waals surface area contributed by atoms with Gasteiger partial charge in [-0.15, -0.1) is 0 Å². The molecule has 2 N–H and O–H groups in total. The van der Waals surface area contributed by atoms with E-state index >= 15 is 0 Å². The van der Waals surface area contributed by atoms with E-state index in [4.69, 9.17) is 0 Å². The number of likely N-dealkylation sites (tertiary alicyclic amines) is 1. The Bertz CT molecular complexity index is 696. The molecule has 0 bridgehead atoms. The Kier molecular flexibility index (Phi) is 6.39. The van der Waals surface area contributed by atoms with E-state index in [1.807, 2.05) is 6.07 Å². The number of piperidine rings is 1. The lowest BCUT2D eigenvalue weighted by atomic mass is 10.0. The van der Waals surface area contributed by atoms with Gasteiger partial charge in [0, 0.05) is 31.4 Å². The van der Waals surface area contributed by atoms with E-state index in [-0.39, 0.29) is 5.56 Å². The fourth-order valence-corrected chi connectivity index (χ4v) is 3.42. The summed E-state index contributed by atoms with van der Waals surface area (Å²) in [5.41, 5.74) is 2.00. The van der Waals surface area contributed by atoms with E-state index < -0.39 is 12.3 Å². The lowest BCUT2D eigenvalue weighted by Gasteiger charge is -2.33. The first-order chi connectivity index (χ1) is 12.9. The van der Waals surface area contributed by atoms with Crippen molar-refractivity contribution in [2.45, 2.75) is 37.6 Å². The first-order valence-corrected chi connectivity index (χ1v) is 9.29. The molecule has 3 rings (SSSR count). The average Bonchev–Trinajstić information content (AvgIpc) is 2.68. The van der Waals surface area contributed by atoms with E-state index in [0.717, 1.165) is 44.6 Å². The Balaban J connectivity index is 1.44. The quantitative estimate of drug-likeness (QED) is 0.782. The number of anilines is 1. The molecular weight excluding hydrogens is 353 g/mol. The van der Waals surface area contributed by atoms with Gasteiger partial charge in [0.25, 0.3) is 0 Å². The fourth-order valence-electron chi connectivity index (χ4n) is 3.42. The summed E-state index contributed by atoms with van der Waals surface area (Å²) in [5, 5.41) is 12.7. The molecule has 146 valence electrons. The van der Waals surface area contributed by atoms with E-state index in [1.54, 1.807) is 12.1 Å². The fraction of sp³-hybridized carbons (Fsp3) is 0.429. The van der Waals surface area contributed by atoms with Gasteiger partial charge in [0.2, 0.25) is 0 Å². The standard InChI is InChI=1S/C21H25F3N2O/c22-21(23,24)20(27)17-6-8-18(9-7-17)25-19-11-14-26(15-12-19)13-10-16-4-2-1-3-5-16/h1-9,19-20,25,27H,10-15H2. The highest BCUT2D eigenvalue weighted by molar-refractivity contribution is 5.46. The van der Waals surface area contributed by atoms with Crippen LogP contribution in [0.4, 0.5) is 18.9 Å².